The molecular formula is C29H36N6O7. The average molecular weight is 581 g/mol. The van der Waals surface area contributed by atoms with E-state index in [1.807, 2.05) is 0 Å². The lowest BCUT2D eigenvalue weighted by atomic mass is 9.83. The highest BCUT2D eigenvalue weighted by Gasteiger charge is 2.58. The second-order valence-corrected chi connectivity index (χ2v) is 10.7. The molecule has 224 valence electrons. The Morgan fingerprint density at radius 3 is 2.24 bits per heavy atom. The van der Waals surface area contributed by atoms with Crippen molar-refractivity contribution in [3.8, 4) is 0 Å². The molecule has 1 aliphatic heterocycles. The third-order valence-electron chi connectivity index (χ3n) is 6.40. The zero-order valence-electron chi connectivity index (χ0n) is 23.8. The number of Topliss-reactive ketones (excluding diaryl/α,β-unsaturated/α-hetero) is 1. The number of anilines is 1. The Labute approximate surface area is 243 Å². The normalized spacial score (nSPS) is 16.9. The summed E-state index contributed by atoms with van der Waals surface area (Å²) < 4.78 is 10.8. The van der Waals surface area contributed by atoms with E-state index >= 15 is 0 Å². The van der Waals surface area contributed by atoms with Gasteiger partial charge in [-0.25, -0.2) is 4.79 Å². The summed E-state index contributed by atoms with van der Waals surface area (Å²) in [4.78, 5) is 68.8. The van der Waals surface area contributed by atoms with E-state index in [1.54, 1.807) is 51.1 Å². The summed E-state index contributed by atoms with van der Waals surface area (Å²) in [6.07, 6.45) is -1.79. The van der Waals surface area contributed by atoms with Gasteiger partial charge in [0, 0.05) is 24.3 Å². The molecule has 2 aromatic rings. The molecule has 0 aromatic heterocycles. The summed E-state index contributed by atoms with van der Waals surface area (Å²) in [7, 11) is 0. The predicted octanol–water partition coefficient (Wildman–Crippen LogP) is 1.39. The lowest BCUT2D eigenvalue weighted by Gasteiger charge is -2.47. The second kappa shape index (κ2) is 13.3. The molecule has 0 aliphatic carbocycles. The van der Waals surface area contributed by atoms with Crippen LogP contribution in [-0.2, 0) is 35.3 Å². The molecule has 0 radical (unpaired) electrons. The van der Waals surface area contributed by atoms with Crippen LogP contribution in [0, 0.1) is 5.41 Å². The highest BCUT2D eigenvalue weighted by Crippen LogP contribution is 2.30. The third kappa shape index (κ3) is 7.69. The van der Waals surface area contributed by atoms with Crippen molar-refractivity contribution >= 4 is 41.2 Å². The number of nitrogens with zero attached hydrogens (tertiary/aromatic N) is 2. The summed E-state index contributed by atoms with van der Waals surface area (Å²) in [6, 6.07) is 14.8. The fourth-order valence-electron chi connectivity index (χ4n) is 4.49. The third-order valence-corrected chi connectivity index (χ3v) is 6.40. The smallest absolute Gasteiger partial charge is 0.411 e. The Kier molecular flexibility index (Phi) is 10.0. The SMILES string of the molecule is CC(C)(C)OC(=O)CN1CCN(C(=O)OCc2ccccc2)C(CC(=O)Nc2ccc(C(=N)N)cc2)(C(=O)CN)C1=O. The van der Waals surface area contributed by atoms with Crippen molar-refractivity contribution in [3.63, 3.8) is 0 Å². The molecule has 6 N–H and O–H groups in total. The van der Waals surface area contributed by atoms with Crippen molar-refractivity contribution in [1.82, 2.24) is 9.80 Å². The van der Waals surface area contributed by atoms with E-state index in [1.165, 1.54) is 24.3 Å². The number of piperazine rings is 1. The molecule has 13 nitrogen and oxygen atoms in total. The number of hydrogen-bond acceptors (Lipinski definition) is 9. The molecule has 1 atom stereocenters. The predicted molar refractivity (Wildman–Crippen MR) is 153 cm³/mol. The maximum Gasteiger partial charge on any atom is 0.411 e. The Morgan fingerprint density at radius 1 is 1.02 bits per heavy atom. The number of amidine groups is 1. The first-order valence-electron chi connectivity index (χ1n) is 13.2. The minimum absolute atomic E-state index is 0.119. The minimum atomic E-state index is -2.38. The quantitative estimate of drug-likeness (QED) is 0.139. The molecule has 1 saturated heterocycles. The van der Waals surface area contributed by atoms with Crippen LogP contribution in [0.5, 0.6) is 0 Å². The molecule has 1 aliphatic rings. The van der Waals surface area contributed by atoms with Gasteiger partial charge >= 0.3 is 12.1 Å². The van der Waals surface area contributed by atoms with Crippen molar-refractivity contribution in [2.45, 2.75) is 44.9 Å². The van der Waals surface area contributed by atoms with E-state index in [4.69, 9.17) is 26.4 Å². The van der Waals surface area contributed by atoms with Gasteiger partial charge < -0.3 is 31.2 Å². The van der Waals surface area contributed by atoms with Gasteiger partial charge in [0.1, 0.15) is 24.6 Å². The number of nitrogens with one attached hydrogen (secondary N) is 2. The van der Waals surface area contributed by atoms with Crippen LogP contribution in [0.3, 0.4) is 0 Å². The molecule has 3 rings (SSSR count). The maximum absolute atomic E-state index is 14.0. The van der Waals surface area contributed by atoms with E-state index in [2.05, 4.69) is 5.32 Å². The van der Waals surface area contributed by atoms with E-state index in [-0.39, 0.29) is 25.5 Å². The summed E-state index contributed by atoms with van der Waals surface area (Å²) >= 11 is 0. The van der Waals surface area contributed by atoms with Crippen LogP contribution in [0.1, 0.15) is 38.3 Å². The number of hydrogen-bond donors (Lipinski definition) is 4. The fraction of sp³-hybridized carbons (Fsp3) is 0.379. The van der Waals surface area contributed by atoms with Crippen molar-refractivity contribution in [1.29, 1.82) is 5.41 Å². The van der Waals surface area contributed by atoms with E-state index in [9.17, 15) is 24.0 Å². The van der Waals surface area contributed by atoms with Crippen molar-refractivity contribution in [2.24, 2.45) is 11.5 Å². The van der Waals surface area contributed by atoms with E-state index < -0.39 is 60.3 Å². The van der Waals surface area contributed by atoms with Gasteiger partial charge in [0.2, 0.25) is 5.91 Å². The van der Waals surface area contributed by atoms with Gasteiger partial charge in [0.05, 0.1) is 13.0 Å². The van der Waals surface area contributed by atoms with Gasteiger partial charge in [-0.3, -0.25) is 29.5 Å². The standard InChI is InChI=1S/C29H36N6O7/c1-28(2,3)42-24(38)17-34-13-14-35(27(40)41-18-19-7-5-4-6-8-19)29(26(34)39,22(36)16-30)15-23(37)33-21-11-9-20(10-12-21)25(31)32/h4-12H,13-18,30H2,1-3H3,(H3,31,32)(H,33,37). The molecular weight excluding hydrogens is 544 g/mol. The largest absolute Gasteiger partial charge is 0.459 e. The molecule has 2 aromatic carbocycles. The molecule has 1 unspecified atom stereocenters. The first kappa shape index (κ1) is 31.7. The van der Waals surface area contributed by atoms with Crippen LogP contribution in [0.2, 0.25) is 0 Å². The Bertz CT molecular complexity index is 1340. The number of carbonyl (C=O) groups excluding carboxylic acids is 5. The zero-order chi connectivity index (χ0) is 31.1. The number of esters is 1. The zero-order valence-corrected chi connectivity index (χ0v) is 23.8. The van der Waals surface area contributed by atoms with Crippen molar-refractivity contribution in [3.05, 3.63) is 65.7 Å². The molecule has 13 heteroatoms. The highest BCUT2D eigenvalue weighted by atomic mass is 16.6. The lowest BCUT2D eigenvalue weighted by Crippen LogP contribution is -2.73. The highest BCUT2D eigenvalue weighted by molar-refractivity contribution is 6.17. The maximum atomic E-state index is 14.0. The van der Waals surface area contributed by atoms with Crippen LogP contribution in [-0.4, -0.2) is 82.6 Å². The van der Waals surface area contributed by atoms with E-state index in [0.29, 0.717) is 16.8 Å². The summed E-state index contributed by atoms with van der Waals surface area (Å²) in [5, 5.41) is 10.1. The Hall–Kier alpha value is -4.78. The number of amides is 3. The minimum Gasteiger partial charge on any atom is -0.459 e. The Morgan fingerprint density at radius 2 is 1.67 bits per heavy atom. The number of rotatable bonds is 10. The van der Waals surface area contributed by atoms with Crippen molar-refractivity contribution in [2.75, 3.05) is 31.5 Å². The summed E-state index contributed by atoms with van der Waals surface area (Å²) in [5.74, 6) is -3.52. The molecule has 3 amide bonds. The van der Waals surface area contributed by atoms with Crippen LogP contribution in [0.25, 0.3) is 0 Å². The van der Waals surface area contributed by atoms with Crippen LogP contribution < -0.4 is 16.8 Å². The van der Waals surface area contributed by atoms with Gasteiger partial charge in [0.15, 0.2) is 11.3 Å². The van der Waals surface area contributed by atoms with Crippen molar-refractivity contribution < 1.29 is 33.4 Å². The molecule has 0 saturated carbocycles. The molecule has 42 heavy (non-hydrogen) atoms. The van der Waals surface area contributed by atoms with Crippen LogP contribution in [0.15, 0.2) is 54.6 Å². The van der Waals surface area contributed by atoms with E-state index in [0.717, 1.165) is 9.80 Å². The molecule has 0 bridgehead atoms. The lowest BCUT2D eigenvalue weighted by molar-refractivity contribution is -0.167. The number of ketones is 1. The average Bonchev–Trinajstić information content (AvgIpc) is 2.93. The van der Waals surface area contributed by atoms with Crippen LogP contribution >= 0.6 is 0 Å². The number of benzene rings is 2. The number of nitrogens with two attached hydrogens (primary N) is 2. The number of carbonyl (C=O) groups is 5. The number of ether oxygens (including phenoxy) is 2. The topological polar surface area (TPSA) is 198 Å². The van der Waals surface area contributed by atoms with Crippen LogP contribution in [0.4, 0.5) is 10.5 Å². The second-order valence-electron chi connectivity index (χ2n) is 10.7. The number of nitrogen functional groups attached to an aromatic ring is 1. The monoisotopic (exact) mass is 580 g/mol. The fourth-order valence-corrected chi connectivity index (χ4v) is 4.49. The molecule has 1 heterocycles. The molecule has 1 fully saturated rings. The summed E-state index contributed by atoms with van der Waals surface area (Å²) in [5.41, 5.74) is 9.39. The first-order chi connectivity index (χ1) is 19.8. The van der Waals surface area contributed by atoms with Gasteiger partial charge in [-0.05, 0) is 50.6 Å². The summed E-state index contributed by atoms with van der Waals surface area (Å²) in [6.45, 7) is 3.36. The first-order valence-corrected chi connectivity index (χ1v) is 13.2. The van der Waals surface area contributed by atoms with Gasteiger partial charge in [-0.2, -0.15) is 0 Å². The van der Waals surface area contributed by atoms with Gasteiger partial charge in [-0.15, -0.1) is 0 Å². The van der Waals surface area contributed by atoms with Gasteiger partial charge in [-0.1, -0.05) is 30.3 Å². The Balaban J connectivity index is 1.94. The van der Waals surface area contributed by atoms with Gasteiger partial charge in [0.25, 0.3) is 5.91 Å². The molecule has 0 spiro atoms.